The molecule has 2 heterocycles. The average Bonchev–Trinajstić information content (AvgIpc) is 3.48. The predicted molar refractivity (Wildman–Crippen MR) is 146 cm³/mol. The van der Waals surface area contributed by atoms with E-state index in [9.17, 15) is 18.8 Å². The topological polar surface area (TPSA) is 94.2 Å². The first-order valence-electron chi connectivity index (χ1n) is 12.2. The molecule has 0 bridgehead atoms. The standard InChI is InChI=1S/C27H30FN5O4S/c1-37-17-16-33(26(35)24-7-4-18-38-24)19-25(34)29-20-8-10-21(11-9-20)31-12-14-32(15-13-31)27(36)30-23-6-3-2-5-22(23)28/h2-11,18H,12-17,19H2,1H3,(H,29,34)(H,30,36). The minimum absolute atomic E-state index is 0.0846. The van der Waals surface area contributed by atoms with Gasteiger partial charge in [0.25, 0.3) is 5.91 Å². The summed E-state index contributed by atoms with van der Waals surface area (Å²) in [6, 6.07) is 16.7. The van der Waals surface area contributed by atoms with Gasteiger partial charge >= 0.3 is 6.03 Å². The molecular formula is C27H30FN5O4S. The lowest BCUT2D eigenvalue weighted by atomic mass is 10.2. The van der Waals surface area contributed by atoms with Gasteiger partial charge in [-0.2, -0.15) is 0 Å². The number of para-hydroxylation sites is 1. The molecule has 200 valence electrons. The van der Waals surface area contributed by atoms with Gasteiger partial charge in [-0.25, -0.2) is 9.18 Å². The van der Waals surface area contributed by atoms with Crippen LogP contribution in [0.2, 0.25) is 0 Å². The summed E-state index contributed by atoms with van der Waals surface area (Å²) in [6.07, 6.45) is 0. The van der Waals surface area contributed by atoms with Crippen molar-refractivity contribution in [1.82, 2.24) is 9.80 Å². The van der Waals surface area contributed by atoms with Crippen LogP contribution in [0.15, 0.2) is 66.0 Å². The zero-order valence-electron chi connectivity index (χ0n) is 21.1. The first-order chi connectivity index (χ1) is 18.4. The van der Waals surface area contributed by atoms with Crippen LogP contribution in [-0.2, 0) is 9.53 Å². The van der Waals surface area contributed by atoms with Gasteiger partial charge in [0, 0.05) is 51.2 Å². The smallest absolute Gasteiger partial charge is 0.322 e. The van der Waals surface area contributed by atoms with E-state index in [2.05, 4.69) is 15.5 Å². The fraction of sp³-hybridized carbons (Fsp3) is 0.296. The van der Waals surface area contributed by atoms with Crippen LogP contribution in [0.5, 0.6) is 0 Å². The van der Waals surface area contributed by atoms with Gasteiger partial charge in [-0.1, -0.05) is 18.2 Å². The van der Waals surface area contributed by atoms with Crippen molar-refractivity contribution in [2.45, 2.75) is 0 Å². The summed E-state index contributed by atoms with van der Waals surface area (Å²) in [5.74, 6) is -0.971. The Labute approximate surface area is 224 Å². The van der Waals surface area contributed by atoms with Crippen molar-refractivity contribution in [1.29, 1.82) is 0 Å². The highest BCUT2D eigenvalue weighted by Gasteiger charge is 2.23. The molecule has 1 aromatic heterocycles. The summed E-state index contributed by atoms with van der Waals surface area (Å²) in [7, 11) is 1.55. The minimum Gasteiger partial charge on any atom is -0.383 e. The number of amides is 4. The summed E-state index contributed by atoms with van der Waals surface area (Å²) in [5, 5.41) is 7.29. The Kier molecular flexibility index (Phi) is 9.28. The largest absolute Gasteiger partial charge is 0.383 e. The highest BCUT2D eigenvalue weighted by molar-refractivity contribution is 7.12. The molecule has 38 heavy (non-hydrogen) atoms. The van der Waals surface area contributed by atoms with Gasteiger partial charge in [0.1, 0.15) is 12.4 Å². The Hall–Kier alpha value is -3.96. The maximum Gasteiger partial charge on any atom is 0.322 e. The summed E-state index contributed by atoms with van der Waals surface area (Å²) >= 11 is 1.33. The molecule has 2 aromatic carbocycles. The van der Waals surface area contributed by atoms with E-state index in [0.29, 0.717) is 49.9 Å². The van der Waals surface area contributed by atoms with Crippen LogP contribution >= 0.6 is 11.3 Å². The third-order valence-electron chi connectivity index (χ3n) is 6.12. The highest BCUT2D eigenvalue weighted by atomic mass is 32.1. The molecule has 3 aromatic rings. The Morgan fingerprint density at radius 3 is 2.37 bits per heavy atom. The molecule has 0 saturated carbocycles. The molecule has 1 aliphatic heterocycles. The fourth-order valence-electron chi connectivity index (χ4n) is 4.06. The number of methoxy groups -OCH3 is 1. The summed E-state index contributed by atoms with van der Waals surface area (Å²) in [4.78, 5) is 43.8. The molecule has 1 saturated heterocycles. The average molecular weight is 540 g/mol. The van der Waals surface area contributed by atoms with E-state index < -0.39 is 5.82 Å². The number of rotatable bonds is 9. The highest BCUT2D eigenvalue weighted by Crippen LogP contribution is 2.21. The zero-order chi connectivity index (χ0) is 26.9. The van der Waals surface area contributed by atoms with E-state index in [1.165, 1.54) is 28.4 Å². The van der Waals surface area contributed by atoms with E-state index in [0.717, 1.165) is 5.69 Å². The van der Waals surface area contributed by atoms with Crippen LogP contribution in [0.4, 0.5) is 26.2 Å². The lowest BCUT2D eigenvalue weighted by Gasteiger charge is -2.36. The van der Waals surface area contributed by atoms with Gasteiger partial charge in [-0.05, 0) is 47.8 Å². The number of carbonyl (C=O) groups excluding carboxylic acids is 3. The molecule has 11 heteroatoms. The summed E-state index contributed by atoms with van der Waals surface area (Å²) < 4.78 is 18.9. The van der Waals surface area contributed by atoms with Crippen LogP contribution in [0.25, 0.3) is 0 Å². The van der Waals surface area contributed by atoms with Crippen LogP contribution < -0.4 is 15.5 Å². The second-order valence-corrected chi connectivity index (χ2v) is 9.62. The number of benzene rings is 2. The molecule has 0 atom stereocenters. The Bertz CT molecular complexity index is 1230. The van der Waals surface area contributed by atoms with Crippen molar-refractivity contribution in [2.24, 2.45) is 0 Å². The SMILES string of the molecule is COCCN(CC(=O)Nc1ccc(N2CCN(C(=O)Nc3ccccc3F)CC2)cc1)C(=O)c1cccs1. The summed E-state index contributed by atoms with van der Waals surface area (Å²) in [6.45, 7) is 2.79. The molecular weight excluding hydrogens is 509 g/mol. The van der Waals surface area contributed by atoms with Crippen LogP contribution in [-0.4, -0.2) is 80.6 Å². The van der Waals surface area contributed by atoms with Crippen molar-refractivity contribution >= 4 is 46.2 Å². The number of hydrogen-bond donors (Lipinski definition) is 2. The second-order valence-electron chi connectivity index (χ2n) is 8.68. The summed E-state index contributed by atoms with van der Waals surface area (Å²) in [5.41, 5.74) is 1.75. The normalized spacial score (nSPS) is 13.2. The molecule has 0 aliphatic carbocycles. The number of thiophene rings is 1. The molecule has 1 fully saturated rings. The first kappa shape index (κ1) is 27.1. The molecule has 0 unspecified atom stereocenters. The Morgan fingerprint density at radius 2 is 1.71 bits per heavy atom. The molecule has 0 spiro atoms. The van der Waals surface area contributed by atoms with Gasteiger partial charge in [0.15, 0.2) is 0 Å². The van der Waals surface area contributed by atoms with E-state index in [1.54, 1.807) is 36.3 Å². The van der Waals surface area contributed by atoms with Gasteiger partial charge < -0.3 is 30.1 Å². The number of urea groups is 1. The van der Waals surface area contributed by atoms with Crippen molar-refractivity contribution in [3.63, 3.8) is 0 Å². The third kappa shape index (κ3) is 7.08. The molecule has 2 N–H and O–H groups in total. The van der Waals surface area contributed by atoms with E-state index in [4.69, 9.17) is 4.74 Å². The van der Waals surface area contributed by atoms with E-state index in [-0.39, 0.29) is 30.1 Å². The maximum absolute atomic E-state index is 13.8. The number of nitrogens with zero attached hydrogens (tertiary/aromatic N) is 3. The lowest BCUT2D eigenvalue weighted by molar-refractivity contribution is -0.117. The van der Waals surface area contributed by atoms with E-state index >= 15 is 0 Å². The van der Waals surface area contributed by atoms with Gasteiger partial charge in [-0.3, -0.25) is 9.59 Å². The minimum atomic E-state index is -0.469. The van der Waals surface area contributed by atoms with Crippen molar-refractivity contribution in [2.75, 3.05) is 68.5 Å². The molecule has 0 radical (unpaired) electrons. The fourth-order valence-corrected chi connectivity index (χ4v) is 4.75. The zero-order valence-corrected chi connectivity index (χ0v) is 21.9. The monoisotopic (exact) mass is 539 g/mol. The number of carbonyl (C=O) groups is 3. The van der Waals surface area contributed by atoms with Crippen molar-refractivity contribution < 1.29 is 23.5 Å². The van der Waals surface area contributed by atoms with Gasteiger partial charge in [0.2, 0.25) is 5.91 Å². The van der Waals surface area contributed by atoms with Gasteiger partial charge in [0.05, 0.1) is 17.2 Å². The Morgan fingerprint density at radius 1 is 0.974 bits per heavy atom. The number of piperazine rings is 1. The van der Waals surface area contributed by atoms with Crippen molar-refractivity contribution in [3.05, 3.63) is 76.7 Å². The first-order valence-corrected chi connectivity index (χ1v) is 13.1. The number of ether oxygens (including phenoxy) is 1. The van der Waals surface area contributed by atoms with Crippen molar-refractivity contribution in [3.8, 4) is 0 Å². The van der Waals surface area contributed by atoms with Crippen LogP contribution in [0.1, 0.15) is 9.67 Å². The lowest BCUT2D eigenvalue weighted by Crippen LogP contribution is -2.50. The molecule has 4 amide bonds. The number of hydrogen-bond acceptors (Lipinski definition) is 6. The maximum atomic E-state index is 13.8. The predicted octanol–water partition coefficient (Wildman–Crippen LogP) is 3.97. The van der Waals surface area contributed by atoms with E-state index in [1.807, 2.05) is 29.6 Å². The molecule has 4 rings (SSSR count). The number of halogens is 1. The molecule has 9 nitrogen and oxygen atoms in total. The van der Waals surface area contributed by atoms with Crippen LogP contribution in [0, 0.1) is 5.82 Å². The quantitative estimate of drug-likeness (QED) is 0.429. The third-order valence-corrected chi connectivity index (χ3v) is 6.98. The number of nitrogens with one attached hydrogen (secondary N) is 2. The van der Waals surface area contributed by atoms with Gasteiger partial charge in [-0.15, -0.1) is 11.3 Å². The molecule has 1 aliphatic rings. The number of anilines is 3. The second kappa shape index (κ2) is 13.0. The Balaban J connectivity index is 1.27. The van der Waals surface area contributed by atoms with Crippen LogP contribution in [0.3, 0.4) is 0 Å².